The highest BCUT2D eigenvalue weighted by Crippen LogP contribution is 2.41. The molecule has 3 amide bonds. The van der Waals surface area contributed by atoms with Gasteiger partial charge < -0.3 is 39.2 Å². The molecule has 20 nitrogen and oxygen atoms in total. The van der Waals surface area contributed by atoms with Crippen LogP contribution in [0.25, 0.3) is 33.4 Å². The molecule has 0 aliphatic carbocycles. The summed E-state index contributed by atoms with van der Waals surface area (Å²) in [6.07, 6.45) is 4.68. The van der Waals surface area contributed by atoms with E-state index in [2.05, 4.69) is 19.8 Å². The molecular weight excluding hydrogens is 1020 g/mol. The van der Waals surface area contributed by atoms with Gasteiger partial charge in [-0.15, -0.1) is 0 Å². The number of amides is 3. The Kier molecular flexibility index (Phi) is 14.0. The van der Waals surface area contributed by atoms with Crippen molar-refractivity contribution >= 4 is 57.5 Å². The highest BCUT2D eigenvalue weighted by molar-refractivity contribution is 6.06. The van der Waals surface area contributed by atoms with Gasteiger partial charge in [-0.25, -0.2) is 23.7 Å². The molecule has 4 aromatic heterocycles. The van der Waals surface area contributed by atoms with Gasteiger partial charge >= 0.3 is 18.2 Å². The first-order valence-corrected chi connectivity index (χ1v) is 26.8. The van der Waals surface area contributed by atoms with E-state index in [-0.39, 0.29) is 54.3 Å². The van der Waals surface area contributed by atoms with Gasteiger partial charge in [0.15, 0.2) is 11.4 Å². The molecule has 6 aliphatic heterocycles. The Morgan fingerprint density at radius 3 is 1.26 bits per heavy atom. The number of benzene rings is 4. The fraction of sp³-hybridized carbons (Fsp3) is 0.333. The molecule has 0 saturated carbocycles. The summed E-state index contributed by atoms with van der Waals surface area (Å²) < 4.78 is 31.6. The SMILES string of the molecule is CC(C)(C)OC(=O)N1C2CC1CN(c1ccnc3c(C(N)=O)n(-c4ccc(Oc5ccccc5)cc4)nc13)C2.CCOC(=O)c1c2nccc(N3CC4CC(C3)N4C(=O)OC(C)(C)C)c2nn1-c1ccc(Oc2ccccc2)cc1. The fourth-order valence-corrected chi connectivity index (χ4v) is 10.8. The van der Waals surface area contributed by atoms with Gasteiger partial charge in [0.1, 0.15) is 56.3 Å². The number of rotatable bonds is 11. The van der Waals surface area contributed by atoms with Crippen LogP contribution < -0.4 is 25.0 Å². The quantitative estimate of drug-likeness (QED) is 0.0942. The van der Waals surface area contributed by atoms with E-state index in [1.54, 1.807) is 24.0 Å². The van der Waals surface area contributed by atoms with Crippen LogP contribution >= 0.6 is 0 Å². The first-order chi connectivity index (χ1) is 38.4. The monoisotopic (exact) mass is 1080 g/mol. The number of piperazine rings is 2. The van der Waals surface area contributed by atoms with E-state index in [1.165, 1.54) is 4.68 Å². The number of hydrogen-bond acceptors (Lipinski definition) is 15. The number of para-hydroxylation sites is 2. The number of nitrogens with two attached hydrogens (primary N) is 1. The van der Waals surface area contributed by atoms with E-state index in [1.807, 2.05) is 173 Å². The van der Waals surface area contributed by atoms with E-state index in [0.717, 1.165) is 35.7 Å². The zero-order chi connectivity index (χ0) is 56.0. The van der Waals surface area contributed by atoms with Gasteiger partial charge in [-0.3, -0.25) is 24.6 Å². The topological polar surface area (TPSA) is 215 Å². The number of esters is 1. The Morgan fingerprint density at radius 1 is 0.512 bits per heavy atom. The van der Waals surface area contributed by atoms with Crippen LogP contribution in [0.4, 0.5) is 21.0 Å². The van der Waals surface area contributed by atoms with Crippen molar-refractivity contribution in [3.05, 3.63) is 145 Å². The Bertz CT molecular complexity index is 3570. The summed E-state index contributed by atoms with van der Waals surface area (Å²) in [5, 5.41) is 9.68. The summed E-state index contributed by atoms with van der Waals surface area (Å²) in [5.41, 5.74) is 10.3. The zero-order valence-corrected chi connectivity index (χ0v) is 45.7. The summed E-state index contributed by atoms with van der Waals surface area (Å²) in [7, 11) is 0. The number of fused-ring (bicyclic) bond motifs is 6. The van der Waals surface area contributed by atoms with Crippen molar-refractivity contribution in [2.75, 3.05) is 42.6 Å². The molecule has 6 aliphatic rings. The van der Waals surface area contributed by atoms with Crippen molar-refractivity contribution < 1.29 is 42.9 Å². The molecule has 0 radical (unpaired) electrons. The van der Waals surface area contributed by atoms with Gasteiger partial charge in [0.2, 0.25) is 0 Å². The van der Waals surface area contributed by atoms with Gasteiger partial charge in [0.25, 0.3) is 5.91 Å². The van der Waals surface area contributed by atoms with Gasteiger partial charge in [0, 0.05) is 38.6 Å². The second kappa shape index (κ2) is 21.2. The summed E-state index contributed by atoms with van der Waals surface area (Å²) in [4.78, 5) is 68.4. The van der Waals surface area contributed by atoms with Crippen LogP contribution in [0.15, 0.2) is 134 Å². The number of pyridine rings is 2. The molecule has 2 N–H and O–H groups in total. The van der Waals surface area contributed by atoms with Crippen LogP contribution in [-0.2, 0) is 14.2 Å². The lowest BCUT2D eigenvalue weighted by atomic mass is 9.87. The maximum atomic E-state index is 13.2. The molecule has 6 fully saturated rings. The Morgan fingerprint density at radius 2 is 0.887 bits per heavy atom. The van der Waals surface area contributed by atoms with E-state index in [4.69, 9.17) is 39.6 Å². The average Bonchev–Trinajstić information content (AvgIpc) is 3.38. The predicted molar refractivity (Wildman–Crippen MR) is 300 cm³/mol. The molecule has 20 heteroatoms. The van der Waals surface area contributed by atoms with Gasteiger partial charge in [-0.2, -0.15) is 10.2 Å². The molecule has 8 aromatic rings. The maximum Gasteiger partial charge on any atom is 0.410 e. The molecule has 10 heterocycles. The molecule has 4 atom stereocenters. The number of ether oxygens (including phenoxy) is 5. The summed E-state index contributed by atoms with van der Waals surface area (Å²) >= 11 is 0. The van der Waals surface area contributed by atoms with Crippen molar-refractivity contribution in [3.8, 4) is 34.4 Å². The Labute approximate surface area is 462 Å². The first kappa shape index (κ1) is 52.8. The molecule has 80 heavy (non-hydrogen) atoms. The first-order valence-electron chi connectivity index (χ1n) is 26.8. The third-order valence-electron chi connectivity index (χ3n) is 14.2. The van der Waals surface area contributed by atoms with Crippen LogP contribution in [-0.4, -0.2) is 132 Å². The molecule has 0 spiro atoms. The number of nitrogens with zero attached hydrogens (tertiary/aromatic N) is 10. The number of piperidine rings is 2. The minimum absolute atomic E-state index is 0.0515. The lowest BCUT2D eigenvalue weighted by Crippen LogP contribution is -2.70. The minimum atomic E-state index is -0.621. The molecule has 14 rings (SSSR count). The normalized spacial score (nSPS) is 18.3. The Hall–Kier alpha value is -9.20. The molecule has 412 valence electrons. The van der Waals surface area contributed by atoms with Crippen LogP contribution in [0.2, 0.25) is 0 Å². The van der Waals surface area contributed by atoms with E-state index in [0.29, 0.717) is 71.1 Å². The third-order valence-corrected chi connectivity index (χ3v) is 14.2. The number of carbonyl (C=O) groups excluding carboxylic acids is 4. The standard InChI is InChI=1S/C31H33N5O5.C29H30N6O4/c1-5-39-29(37)28-27-26(33-36(28)20-11-13-24(14-12-20)40-23-9-7-6-8-10-23)25(15-16-32-27)34-18-21-17-22(19-34)35(21)30(38)41-31(2,3)4;1-29(2,3)39-28(37)34-19-15-20(34)17-33(16-19)23-13-14-31-25-24(23)32-35(26(25)27(30)36)18-9-11-22(12-10-18)38-21-7-5-4-6-8-21/h6-16,21-22H,5,17-19H2,1-4H3;4-14,19-20H,15-17H2,1-3H3,(H2,30,36). The maximum absolute atomic E-state index is 13.2. The highest BCUT2D eigenvalue weighted by Gasteiger charge is 2.50. The van der Waals surface area contributed by atoms with Crippen molar-refractivity contribution in [3.63, 3.8) is 0 Å². The number of primary amides is 1. The van der Waals surface area contributed by atoms with Crippen LogP contribution in [0.1, 0.15) is 82.3 Å². The molecule has 4 bridgehead atoms. The summed E-state index contributed by atoms with van der Waals surface area (Å²) in [5.74, 6) is 1.66. The van der Waals surface area contributed by atoms with Gasteiger partial charge in [-0.05, 0) is 146 Å². The largest absolute Gasteiger partial charge is 0.461 e. The van der Waals surface area contributed by atoms with Crippen LogP contribution in [0, 0.1) is 0 Å². The molecule has 4 unspecified atom stereocenters. The van der Waals surface area contributed by atoms with Crippen LogP contribution in [0.5, 0.6) is 23.0 Å². The molecular formula is C60H63N11O9. The number of carbonyl (C=O) groups is 4. The minimum Gasteiger partial charge on any atom is -0.461 e. The molecule has 6 saturated heterocycles. The highest BCUT2D eigenvalue weighted by atomic mass is 16.6. The summed E-state index contributed by atoms with van der Waals surface area (Å²) in [6.45, 7) is 15.8. The van der Waals surface area contributed by atoms with Crippen molar-refractivity contribution in [2.24, 2.45) is 5.73 Å². The number of aromatic nitrogens is 6. The lowest BCUT2D eigenvalue weighted by molar-refractivity contribution is -0.0387. The van der Waals surface area contributed by atoms with E-state index in [9.17, 15) is 19.2 Å². The van der Waals surface area contributed by atoms with Crippen molar-refractivity contribution in [1.82, 2.24) is 39.3 Å². The smallest absolute Gasteiger partial charge is 0.410 e. The fourth-order valence-electron chi connectivity index (χ4n) is 10.8. The lowest BCUT2D eigenvalue weighted by Gasteiger charge is -2.56. The van der Waals surface area contributed by atoms with E-state index < -0.39 is 23.1 Å². The number of anilines is 2. The Balaban J connectivity index is 0.000000169. The second-order valence-corrected chi connectivity index (χ2v) is 22.2. The number of hydrogen-bond donors (Lipinski definition) is 1. The van der Waals surface area contributed by atoms with Crippen LogP contribution in [0.3, 0.4) is 0 Å². The summed E-state index contributed by atoms with van der Waals surface area (Å²) in [6, 6.07) is 37.7. The van der Waals surface area contributed by atoms with Crippen molar-refractivity contribution in [2.45, 2.75) is 96.7 Å². The third kappa shape index (κ3) is 10.7. The van der Waals surface area contributed by atoms with Gasteiger partial charge in [-0.1, -0.05) is 36.4 Å². The average molecular weight is 1080 g/mol. The predicted octanol–water partition coefficient (Wildman–Crippen LogP) is 10.1. The van der Waals surface area contributed by atoms with E-state index >= 15 is 0 Å². The second-order valence-electron chi connectivity index (χ2n) is 22.2. The van der Waals surface area contributed by atoms with Crippen molar-refractivity contribution in [1.29, 1.82) is 0 Å². The molecule has 4 aromatic carbocycles. The van der Waals surface area contributed by atoms with Gasteiger partial charge in [0.05, 0.1) is 53.5 Å². The zero-order valence-electron chi connectivity index (χ0n) is 45.7.